The van der Waals surface area contributed by atoms with E-state index in [0.717, 1.165) is 16.4 Å². The number of rotatable bonds is 4. The van der Waals surface area contributed by atoms with Gasteiger partial charge in [0.05, 0.1) is 10.4 Å². The van der Waals surface area contributed by atoms with Gasteiger partial charge in [0, 0.05) is 22.7 Å². The first-order chi connectivity index (χ1) is 13.1. The SMILES string of the molecule is Cc1ccc2c(=O)cc(SC(C)c3ccccc3)n(-c3ccccc3)c2n1. The van der Waals surface area contributed by atoms with Crippen LogP contribution in [0.25, 0.3) is 16.7 Å². The molecule has 0 spiro atoms. The second kappa shape index (κ2) is 7.41. The third kappa shape index (κ3) is 3.53. The number of thioether (sulfide) groups is 1. The predicted octanol–water partition coefficient (Wildman–Crippen LogP) is 5.55. The normalized spacial score (nSPS) is 12.2. The van der Waals surface area contributed by atoms with E-state index in [1.165, 1.54) is 5.56 Å². The highest BCUT2D eigenvalue weighted by Crippen LogP contribution is 2.36. The number of nitrogens with zero attached hydrogens (tertiary/aromatic N) is 2. The number of hydrogen-bond acceptors (Lipinski definition) is 3. The standard InChI is InChI=1S/C23H20N2OS/c1-16-13-14-20-21(26)15-22(27-17(2)18-9-5-3-6-10-18)25(23(20)24-16)19-11-7-4-8-12-19/h3-15,17H,1-2H3. The van der Waals surface area contributed by atoms with Crippen LogP contribution in [0, 0.1) is 6.92 Å². The monoisotopic (exact) mass is 372 g/mol. The van der Waals surface area contributed by atoms with E-state index in [0.29, 0.717) is 11.0 Å². The molecule has 0 saturated carbocycles. The van der Waals surface area contributed by atoms with Crippen LogP contribution in [0.3, 0.4) is 0 Å². The van der Waals surface area contributed by atoms with Crippen LogP contribution in [-0.4, -0.2) is 9.55 Å². The first-order valence-corrected chi connectivity index (χ1v) is 9.82. The van der Waals surface area contributed by atoms with Crippen molar-refractivity contribution in [3.63, 3.8) is 0 Å². The van der Waals surface area contributed by atoms with E-state index < -0.39 is 0 Å². The summed E-state index contributed by atoms with van der Waals surface area (Å²) in [6, 6.07) is 25.9. The average molecular weight is 372 g/mol. The number of aromatic nitrogens is 2. The lowest BCUT2D eigenvalue weighted by Crippen LogP contribution is -2.12. The van der Waals surface area contributed by atoms with Crippen molar-refractivity contribution in [2.24, 2.45) is 0 Å². The summed E-state index contributed by atoms with van der Waals surface area (Å²) in [5.74, 6) is 0. The van der Waals surface area contributed by atoms with Crippen LogP contribution in [0.5, 0.6) is 0 Å². The summed E-state index contributed by atoms with van der Waals surface area (Å²) in [5, 5.41) is 1.75. The van der Waals surface area contributed by atoms with Crippen molar-refractivity contribution in [1.29, 1.82) is 0 Å². The molecule has 0 aliphatic carbocycles. The zero-order chi connectivity index (χ0) is 18.8. The molecular weight excluding hydrogens is 352 g/mol. The first-order valence-electron chi connectivity index (χ1n) is 8.94. The van der Waals surface area contributed by atoms with E-state index >= 15 is 0 Å². The molecule has 0 radical (unpaired) electrons. The van der Waals surface area contributed by atoms with Gasteiger partial charge < -0.3 is 0 Å². The first kappa shape index (κ1) is 17.6. The van der Waals surface area contributed by atoms with Gasteiger partial charge in [-0.3, -0.25) is 9.36 Å². The molecule has 0 amide bonds. The number of hydrogen-bond donors (Lipinski definition) is 0. The van der Waals surface area contributed by atoms with Gasteiger partial charge >= 0.3 is 0 Å². The highest BCUT2D eigenvalue weighted by molar-refractivity contribution is 7.99. The summed E-state index contributed by atoms with van der Waals surface area (Å²) < 4.78 is 2.09. The molecule has 0 aliphatic rings. The van der Waals surface area contributed by atoms with Gasteiger partial charge in [-0.15, -0.1) is 0 Å². The van der Waals surface area contributed by atoms with Crippen LogP contribution in [0.1, 0.15) is 23.4 Å². The van der Waals surface area contributed by atoms with Gasteiger partial charge in [0.2, 0.25) is 0 Å². The van der Waals surface area contributed by atoms with Gasteiger partial charge in [-0.2, -0.15) is 0 Å². The molecule has 0 aliphatic heterocycles. The van der Waals surface area contributed by atoms with Crippen molar-refractivity contribution in [3.8, 4) is 5.69 Å². The van der Waals surface area contributed by atoms with Crippen LogP contribution < -0.4 is 5.43 Å². The highest BCUT2D eigenvalue weighted by atomic mass is 32.2. The van der Waals surface area contributed by atoms with Crippen molar-refractivity contribution in [2.75, 3.05) is 0 Å². The lowest BCUT2D eigenvalue weighted by molar-refractivity contribution is 0.925. The van der Waals surface area contributed by atoms with E-state index in [-0.39, 0.29) is 10.7 Å². The number of aryl methyl sites for hydroxylation is 1. The van der Waals surface area contributed by atoms with Crippen molar-refractivity contribution in [2.45, 2.75) is 24.1 Å². The fraction of sp³-hybridized carbons (Fsp3) is 0.130. The molecule has 0 bridgehead atoms. The number of para-hydroxylation sites is 1. The molecule has 2 aromatic carbocycles. The molecule has 4 heteroatoms. The fourth-order valence-corrected chi connectivity index (χ4v) is 4.28. The van der Waals surface area contributed by atoms with Crippen molar-refractivity contribution in [3.05, 3.63) is 100 Å². The molecule has 27 heavy (non-hydrogen) atoms. The maximum Gasteiger partial charge on any atom is 0.192 e. The van der Waals surface area contributed by atoms with Crippen LogP contribution in [0.15, 0.2) is 88.7 Å². The summed E-state index contributed by atoms with van der Waals surface area (Å²) in [4.78, 5) is 17.4. The summed E-state index contributed by atoms with van der Waals surface area (Å²) in [7, 11) is 0. The van der Waals surface area contributed by atoms with E-state index in [4.69, 9.17) is 4.98 Å². The summed E-state index contributed by atoms with van der Waals surface area (Å²) >= 11 is 1.68. The van der Waals surface area contributed by atoms with Gasteiger partial charge in [0.15, 0.2) is 5.43 Å². The van der Waals surface area contributed by atoms with Gasteiger partial charge in [-0.05, 0) is 43.7 Å². The van der Waals surface area contributed by atoms with Gasteiger partial charge in [-0.25, -0.2) is 4.98 Å². The second-order valence-corrected chi connectivity index (χ2v) is 7.87. The van der Waals surface area contributed by atoms with E-state index in [1.54, 1.807) is 17.8 Å². The minimum absolute atomic E-state index is 0.00689. The molecule has 3 nitrogen and oxygen atoms in total. The van der Waals surface area contributed by atoms with Crippen molar-refractivity contribution >= 4 is 22.8 Å². The molecule has 1 unspecified atom stereocenters. The third-order valence-corrected chi connectivity index (χ3v) is 5.72. The second-order valence-electron chi connectivity index (χ2n) is 6.51. The lowest BCUT2D eigenvalue weighted by Gasteiger charge is -2.19. The number of fused-ring (bicyclic) bond motifs is 1. The quantitative estimate of drug-likeness (QED) is 0.441. The molecule has 0 fully saturated rings. The zero-order valence-corrected chi connectivity index (χ0v) is 16.1. The molecule has 1 atom stereocenters. The molecule has 2 heterocycles. The highest BCUT2D eigenvalue weighted by Gasteiger charge is 2.16. The Labute approximate surface area is 162 Å². The van der Waals surface area contributed by atoms with Crippen LogP contribution in [-0.2, 0) is 0 Å². The topological polar surface area (TPSA) is 34.9 Å². The molecule has 2 aromatic heterocycles. The Balaban J connectivity index is 1.93. The Bertz CT molecular complexity index is 1140. The summed E-state index contributed by atoms with van der Waals surface area (Å²) in [6.45, 7) is 4.11. The summed E-state index contributed by atoms with van der Waals surface area (Å²) in [6.07, 6.45) is 0. The van der Waals surface area contributed by atoms with Crippen LogP contribution in [0.4, 0.5) is 0 Å². The van der Waals surface area contributed by atoms with Crippen LogP contribution in [0.2, 0.25) is 0 Å². The van der Waals surface area contributed by atoms with E-state index in [9.17, 15) is 4.79 Å². The third-order valence-electron chi connectivity index (χ3n) is 4.55. The Hall–Kier alpha value is -2.85. The molecule has 134 valence electrons. The Morgan fingerprint density at radius 3 is 2.30 bits per heavy atom. The molecule has 0 saturated heterocycles. The molecule has 4 aromatic rings. The Kier molecular flexibility index (Phi) is 4.82. The number of benzene rings is 2. The summed E-state index contributed by atoms with van der Waals surface area (Å²) in [5.41, 5.74) is 3.84. The average Bonchev–Trinajstić information content (AvgIpc) is 2.69. The van der Waals surface area contributed by atoms with E-state index in [2.05, 4.69) is 23.6 Å². The molecular formula is C23H20N2OS. The fourth-order valence-electron chi connectivity index (χ4n) is 3.15. The minimum atomic E-state index is 0.00689. The molecule has 4 rings (SSSR count). The maximum atomic E-state index is 12.7. The smallest absolute Gasteiger partial charge is 0.192 e. The largest absolute Gasteiger partial charge is 0.289 e. The Morgan fingerprint density at radius 2 is 1.59 bits per heavy atom. The van der Waals surface area contributed by atoms with Crippen LogP contribution >= 0.6 is 11.8 Å². The zero-order valence-electron chi connectivity index (χ0n) is 15.3. The number of pyridine rings is 2. The van der Waals surface area contributed by atoms with Gasteiger partial charge in [-0.1, -0.05) is 60.3 Å². The minimum Gasteiger partial charge on any atom is -0.289 e. The predicted molar refractivity (Wildman–Crippen MR) is 113 cm³/mol. The molecule has 0 N–H and O–H groups in total. The maximum absolute atomic E-state index is 12.7. The van der Waals surface area contributed by atoms with E-state index in [1.807, 2.05) is 67.6 Å². The lowest BCUT2D eigenvalue weighted by atomic mass is 10.2. The van der Waals surface area contributed by atoms with Gasteiger partial charge in [0.25, 0.3) is 0 Å². The van der Waals surface area contributed by atoms with Gasteiger partial charge in [0.1, 0.15) is 5.65 Å². The van der Waals surface area contributed by atoms with Crippen molar-refractivity contribution < 1.29 is 0 Å². The Morgan fingerprint density at radius 1 is 0.926 bits per heavy atom. The van der Waals surface area contributed by atoms with Crippen molar-refractivity contribution in [1.82, 2.24) is 9.55 Å².